The second-order valence-corrected chi connectivity index (χ2v) is 8.64. The summed E-state index contributed by atoms with van der Waals surface area (Å²) in [6.45, 7) is 2.57. The van der Waals surface area contributed by atoms with Crippen LogP contribution in [0.4, 0.5) is 4.79 Å². The molecule has 14 heteroatoms. The van der Waals surface area contributed by atoms with Gasteiger partial charge in [-0.1, -0.05) is 11.2 Å². The number of aliphatic carboxylic acids is 1. The first-order chi connectivity index (χ1) is 15.7. The smallest absolute Gasteiger partial charge is 0.477 e. The molecular formula is C19H19N3O9S2. The number of esters is 1. The standard InChI is InChI=1S/C19H19N3O9S2/c1-3-29-19(28)31-21-12(11-5-4-6-32-11)15(24)20-13-16(25)22-14(18(26)27)10(7-30-9(2)23)8-33-17(13)22/h4-6,13,17H,3,7-8H2,1-2H3,(H,20,24)(H,26,27)/t13-,17+/m1/s1. The van der Waals surface area contributed by atoms with Crippen molar-refractivity contribution < 1.29 is 43.4 Å². The van der Waals surface area contributed by atoms with Crippen LogP contribution in [0.2, 0.25) is 0 Å². The van der Waals surface area contributed by atoms with E-state index in [9.17, 15) is 29.1 Å². The number of carboxylic acid groups (broad SMARTS) is 1. The quantitative estimate of drug-likeness (QED) is 0.174. The molecule has 0 unspecified atom stereocenters. The maximum atomic E-state index is 12.9. The fourth-order valence-electron chi connectivity index (χ4n) is 3.03. The Morgan fingerprint density at radius 2 is 2.06 bits per heavy atom. The summed E-state index contributed by atoms with van der Waals surface area (Å²) in [7, 11) is 0. The minimum atomic E-state index is -1.34. The monoisotopic (exact) mass is 497 g/mol. The maximum absolute atomic E-state index is 12.9. The summed E-state index contributed by atoms with van der Waals surface area (Å²) in [5.74, 6) is -3.16. The number of β-lactam (4-membered cyclic amide) rings is 1. The van der Waals surface area contributed by atoms with Crippen molar-refractivity contribution in [1.82, 2.24) is 10.2 Å². The summed E-state index contributed by atoms with van der Waals surface area (Å²) >= 11 is 2.38. The number of carboxylic acids is 1. The first-order valence-electron chi connectivity index (χ1n) is 9.54. The lowest BCUT2D eigenvalue weighted by Crippen LogP contribution is -2.71. The van der Waals surface area contributed by atoms with Gasteiger partial charge in [0.25, 0.3) is 11.8 Å². The number of amides is 2. The Kier molecular flexibility index (Phi) is 7.71. The highest BCUT2D eigenvalue weighted by Crippen LogP contribution is 2.40. The number of nitrogens with zero attached hydrogens (tertiary/aromatic N) is 2. The number of carbonyl (C=O) groups is 5. The lowest BCUT2D eigenvalue weighted by molar-refractivity contribution is -0.150. The van der Waals surface area contributed by atoms with Gasteiger partial charge >= 0.3 is 18.1 Å². The summed E-state index contributed by atoms with van der Waals surface area (Å²) in [5, 5.41) is 16.7. The van der Waals surface area contributed by atoms with Crippen LogP contribution >= 0.6 is 23.1 Å². The summed E-state index contributed by atoms with van der Waals surface area (Å²) in [4.78, 5) is 66.0. The third-order valence-electron chi connectivity index (χ3n) is 4.43. The van der Waals surface area contributed by atoms with Crippen LogP contribution < -0.4 is 5.32 Å². The summed E-state index contributed by atoms with van der Waals surface area (Å²) in [6, 6.07) is 2.21. The number of nitrogens with one attached hydrogen (secondary N) is 1. The molecule has 1 saturated heterocycles. The normalized spacial score (nSPS) is 19.9. The van der Waals surface area contributed by atoms with Crippen molar-refractivity contribution in [3.8, 4) is 0 Å². The molecular weight excluding hydrogens is 478 g/mol. The highest BCUT2D eigenvalue weighted by molar-refractivity contribution is 8.00. The fourth-order valence-corrected chi connectivity index (χ4v) is 5.06. The van der Waals surface area contributed by atoms with Crippen LogP contribution in [-0.2, 0) is 33.5 Å². The second kappa shape index (κ2) is 10.5. The van der Waals surface area contributed by atoms with Crippen molar-refractivity contribution in [1.29, 1.82) is 0 Å². The van der Waals surface area contributed by atoms with Gasteiger partial charge in [-0.2, -0.15) is 0 Å². The molecule has 2 atom stereocenters. The van der Waals surface area contributed by atoms with Gasteiger partial charge in [-0.3, -0.25) is 24.1 Å². The molecule has 0 aromatic carbocycles. The van der Waals surface area contributed by atoms with E-state index in [2.05, 4.69) is 20.0 Å². The number of thioether (sulfide) groups is 1. The Hall–Kier alpha value is -3.39. The molecule has 0 aliphatic carbocycles. The highest BCUT2D eigenvalue weighted by atomic mass is 32.2. The van der Waals surface area contributed by atoms with E-state index >= 15 is 0 Å². The van der Waals surface area contributed by atoms with Gasteiger partial charge in [0, 0.05) is 18.2 Å². The zero-order valence-electron chi connectivity index (χ0n) is 17.4. The van der Waals surface area contributed by atoms with Gasteiger partial charge in [0.2, 0.25) is 0 Å². The van der Waals surface area contributed by atoms with Gasteiger partial charge in [0.15, 0.2) is 5.71 Å². The predicted octanol–water partition coefficient (Wildman–Crippen LogP) is 0.927. The Morgan fingerprint density at radius 1 is 1.30 bits per heavy atom. The van der Waals surface area contributed by atoms with Crippen LogP contribution in [0.1, 0.15) is 18.7 Å². The average Bonchev–Trinajstić information content (AvgIpc) is 3.29. The Balaban J connectivity index is 1.76. The van der Waals surface area contributed by atoms with Crippen LogP contribution in [0.25, 0.3) is 0 Å². The molecule has 2 aliphatic rings. The van der Waals surface area contributed by atoms with E-state index in [0.29, 0.717) is 4.88 Å². The molecule has 1 aromatic heterocycles. The van der Waals surface area contributed by atoms with E-state index in [4.69, 9.17) is 4.74 Å². The van der Waals surface area contributed by atoms with E-state index in [1.54, 1.807) is 24.4 Å². The molecule has 2 aliphatic heterocycles. The number of carbonyl (C=O) groups excluding carboxylic acids is 4. The van der Waals surface area contributed by atoms with Crippen molar-refractivity contribution in [2.24, 2.45) is 5.16 Å². The van der Waals surface area contributed by atoms with E-state index < -0.39 is 41.3 Å². The van der Waals surface area contributed by atoms with Crippen molar-refractivity contribution in [3.05, 3.63) is 33.7 Å². The first kappa shape index (κ1) is 24.3. The third kappa shape index (κ3) is 5.34. The molecule has 0 radical (unpaired) electrons. The van der Waals surface area contributed by atoms with Gasteiger partial charge in [-0.05, 0) is 18.4 Å². The third-order valence-corrected chi connectivity index (χ3v) is 6.65. The lowest BCUT2D eigenvalue weighted by Gasteiger charge is -2.49. The zero-order valence-corrected chi connectivity index (χ0v) is 19.1. The number of fused-ring (bicyclic) bond motifs is 1. The molecule has 0 saturated carbocycles. The van der Waals surface area contributed by atoms with Crippen molar-refractivity contribution in [2.45, 2.75) is 25.3 Å². The van der Waals surface area contributed by atoms with Gasteiger partial charge < -0.3 is 19.9 Å². The van der Waals surface area contributed by atoms with Crippen LogP contribution in [0.3, 0.4) is 0 Å². The molecule has 0 spiro atoms. The van der Waals surface area contributed by atoms with Crippen LogP contribution in [0, 0.1) is 0 Å². The van der Waals surface area contributed by atoms with Crippen LogP contribution in [-0.4, -0.2) is 76.0 Å². The molecule has 0 bridgehead atoms. The number of thiophene rings is 1. The highest BCUT2D eigenvalue weighted by Gasteiger charge is 2.54. The second-order valence-electron chi connectivity index (χ2n) is 6.59. The van der Waals surface area contributed by atoms with Gasteiger partial charge in [-0.15, -0.1) is 23.1 Å². The number of rotatable bonds is 8. The molecule has 3 rings (SSSR count). The minimum absolute atomic E-state index is 0.0546. The molecule has 12 nitrogen and oxygen atoms in total. The lowest BCUT2D eigenvalue weighted by atomic mass is 10.0. The van der Waals surface area contributed by atoms with E-state index in [1.165, 1.54) is 18.7 Å². The van der Waals surface area contributed by atoms with E-state index in [-0.39, 0.29) is 35.9 Å². The molecule has 3 heterocycles. The van der Waals surface area contributed by atoms with Crippen LogP contribution in [0.15, 0.2) is 33.9 Å². The molecule has 2 amide bonds. The predicted molar refractivity (Wildman–Crippen MR) is 115 cm³/mol. The van der Waals surface area contributed by atoms with E-state index in [1.807, 2.05) is 0 Å². The number of hydrogen-bond donors (Lipinski definition) is 2. The SMILES string of the molecule is CCOC(=O)ON=C(C(=O)N[C@@H]1C(=O)N2C(C(=O)O)=C(COC(C)=O)CS[C@@H]12)c1cccs1. The molecule has 1 aromatic rings. The number of hydrogen-bond acceptors (Lipinski definition) is 11. The zero-order chi connectivity index (χ0) is 24.1. The van der Waals surface area contributed by atoms with Crippen LogP contribution in [0.5, 0.6) is 0 Å². The molecule has 2 N–H and O–H groups in total. The van der Waals surface area contributed by atoms with Crippen molar-refractivity contribution >= 4 is 58.7 Å². The summed E-state index contributed by atoms with van der Waals surface area (Å²) in [5.41, 5.74) is -0.233. The first-order valence-corrected chi connectivity index (χ1v) is 11.5. The molecule has 33 heavy (non-hydrogen) atoms. The topological polar surface area (TPSA) is 161 Å². The maximum Gasteiger partial charge on any atom is 0.535 e. The van der Waals surface area contributed by atoms with Crippen molar-refractivity contribution in [2.75, 3.05) is 19.0 Å². The van der Waals surface area contributed by atoms with E-state index in [0.717, 1.165) is 16.2 Å². The Labute approximate surface area is 195 Å². The molecule has 176 valence electrons. The van der Waals surface area contributed by atoms with Gasteiger partial charge in [0.1, 0.15) is 23.7 Å². The van der Waals surface area contributed by atoms with Crippen molar-refractivity contribution in [3.63, 3.8) is 0 Å². The Bertz CT molecular complexity index is 1040. The minimum Gasteiger partial charge on any atom is -0.477 e. The van der Waals surface area contributed by atoms with Gasteiger partial charge in [-0.25, -0.2) is 9.59 Å². The average molecular weight is 498 g/mol. The Morgan fingerprint density at radius 3 is 2.67 bits per heavy atom. The van der Waals surface area contributed by atoms with Gasteiger partial charge in [0.05, 0.1) is 11.5 Å². The number of ether oxygens (including phenoxy) is 2. The molecule has 1 fully saturated rings. The number of oxime groups is 1. The summed E-state index contributed by atoms with van der Waals surface area (Å²) in [6.07, 6.45) is -1.09. The fraction of sp³-hybridized carbons (Fsp3) is 0.368. The largest absolute Gasteiger partial charge is 0.535 e. The summed E-state index contributed by atoms with van der Waals surface area (Å²) < 4.78 is 9.50.